The van der Waals surface area contributed by atoms with E-state index in [9.17, 15) is 24.3 Å². The Morgan fingerprint density at radius 2 is 1.86 bits per heavy atom. The predicted molar refractivity (Wildman–Crippen MR) is 98.1 cm³/mol. The van der Waals surface area contributed by atoms with Crippen LogP contribution in [0.25, 0.3) is 0 Å². The Morgan fingerprint density at radius 1 is 1.18 bits per heavy atom. The van der Waals surface area contributed by atoms with E-state index in [1.807, 2.05) is 0 Å². The Hall–Kier alpha value is -2.95. The number of imidazole rings is 1. The van der Waals surface area contributed by atoms with Crippen molar-refractivity contribution in [3.63, 3.8) is 0 Å². The van der Waals surface area contributed by atoms with Crippen LogP contribution in [0.1, 0.15) is 38.8 Å². The van der Waals surface area contributed by atoms with Crippen LogP contribution >= 0.6 is 0 Å². The summed E-state index contributed by atoms with van der Waals surface area (Å²) in [5.74, 6) is -3.76. The molecule has 1 aromatic heterocycles. The van der Waals surface area contributed by atoms with Gasteiger partial charge in [-0.15, -0.1) is 0 Å². The highest BCUT2D eigenvalue weighted by Crippen LogP contribution is 2.06. The van der Waals surface area contributed by atoms with Crippen molar-refractivity contribution >= 4 is 23.8 Å². The lowest BCUT2D eigenvalue weighted by Gasteiger charge is -2.23. The van der Waals surface area contributed by atoms with Crippen molar-refractivity contribution in [1.82, 2.24) is 20.6 Å². The number of hydrogen-bond donors (Lipinski definition) is 6. The molecule has 28 heavy (non-hydrogen) atoms. The van der Waals surface area contributed by atoms with E-state index in [1.54, 1.807) is 13.8 Å². The maximum Gasteiger partial charge on any atom is 0.326 e. The number of carbonyl (C=O) groups is 4. The number of aliphatic carboxylic acids is 2. The number of rotatable bonds is 12. The molecule has 0 bridgehead atoms. The van der Waals surface area contributed by atoms with E-state index >= 15 is 0 Å². The zero-order valence-corrected chi connectivity index (χ0v) is 15.8. The quantitative estimate of drug-likeness (QED) is 0.265. The van der Waals surface area contributed by atoms with E-state index in [2.05, 4.69) is 20.6 Å². The molecule has 0 fully saturated rings. The van der Waals surface area contributed by atoms with Gasteiger partial charge in [0.2, 0.25) is 11.8 Å². The molecule has 0 spiro atoms. The lowest BCUT2D eigenvalue weighted by Crippen LogP contribution is -2.53. The second kappa shape index (κ2) is 11.0. The van der Waals surface area contributed by atoms with Crippen LogP contribution in [0.4, 0.5) is 0 Å². The highest BCUT2D eigenvalue weighted by Gasteiger charge is 2.29. The molecule has 0 radical (unpaired) electrons. The Balaban J connectivity index is 2.73. The van der Waals surface area contributed by atoms with Crippen LogP contribution in [0.5, 0.6) is 0 Å². The average Bonchev–Trinajstić information content (AvgIpc) is 3.11. The first-order valence-corrected chi connectivity index (χ1v) is 8.90. The van der Waals surface area contributed by atoms with Crippen molar-refractivity contribution in [3.8, 4) is 0 Å². The van der Waals surface area contributed by atoms with E-state index in [0.29, 0.717) is 5.69 Å². The average molecular weight is 397 g/mol. The number of carbonyl (C=O) groups excluding carboxylic acids is 2. The van der Waals surface area contributed by atoms with E-state index < -0.39 is 41.9 Å². The SMILES string of the molecule is CC(C)[C@@H](NC(=O)[C@H](Cc1cnc[nH]1)NC(=O)CCC[C@H](N)C(=O)O)C(=O)O. The van der Waals surface area contributed by atoms with Crippen LogP contribution in [0.2, 0.25) is 0 Å². The summed E-state index contributed by atoms with van der Waals surface area (Å²) in [7, 11) is 0. The minimum Gasteiger partial charge on any atom is -0.480 e. The van der Waals surface area contributed by atoms with Crippen LogP contribution in [-0.4, -0.2) is 62.1 Å². The van der Waals surface area contributed by atoms with Gasteiger partial charge in [0, 0.05) is 24.7 Å². The smallest absolute Gasteiger partial charge is 0.326 e. The summed E-state index contributed by atoms with van der Waals surface area (Å²) in [6, 6.07) is -3.16. The third kappa shape index (κ3) is 7.74. The van der Waals surface area contributed by atoms with Gasteiger partial charge in [0.1, 0.15) is 18.1 Å². The molecule has 1 aromatic rings. The van der Waals surface area contributed by atoms with Gasteiger partial charge in [-0.25, -0.2) is 9.78 Å². The molecule has 1 rings (SSSR count). The molecule has 0 aromatic carbocycles. The van der Waals surface area contributed by atoms with Crippen molar-refractivity contribution in [3.05, 3.63) is 18.2 Å². The summed E-state index contributed by atoms with van der Waals surface area (Å²) in [6.45, 7) is 3.32. The topological polar surface area (TPSA) is 187 Å². The first-order chi connectivity index (χ1) is 13.1. The van der Waals surface area contributed by atoms with Gasteiger partial charge in [0.25, 0.3) is 0 Å². The largest absolute Gasteiger partial charge is 0.480 e. The van der Waals surface area contributed by atoms with Crippen LogP contribution in [0.3, 0.4) is 0 Å². The van der Waals surface area contributed by atoms with Crippen molar-refractivity contribution in [2.45, 2.75) is 57.7 Å². The Kier molecular flexibility index (Phi) is 9.09. The molecule has 1 heterocycles. The van der Waals surface area contributed by atoms with Crippen LogP contribution < -0.4 is 16.4 Å². The Labute approximate surface area is 162 Å². The maximum absolute atomic E-state index is 12.6. The van der Waals surface area contributed by atoms with Crippen LogP contribution in [0.15, 0.2) is 12.5 Å². The fraction of sp³-hybridized carbons (Fsp3) is 0.588. The number of nitrogens with zero attached hydrogens (tertiary/aromatic N) is 1. The van der Waals surface area contributed by atoms with Gasteiger partial charge < -0.3 is 31.6 Å². The lowest BCUT2D eigenvalue weighted by atomic mass is 10.0. The highest BCUT2D eigenvalue weighted by atomic mass is 16.4. The molecule has 7 N–H and O–H groups in total. The van der Waals surface area contributed by atoms with E-state index in [1.165, 1.54) is 12.5 Å². The number of nitrogens with two attached hydrogens (primary N) is 1. The van der Waals surface area contributed by atoms with Crippen LogP contribution in [0, 0.1) is 5.92 Å². The molecule has 2 amide bonds. The monoisotopic (exact) mass is 397 g/mol. The first kappa shape index (κ1) is 23.1. The molecule has 11 heteroatoms. The molecule has 156 valence electrons. The van der Waals surface area contributed by atoms with Crippen molar-refractivity contribution in [2.24, 2.45) is 11.7 Å². The number of amides is 2. The molecule has 0 unspecified atom stereocenters. The Morgan fingerprint density at radius 3 is 2.36 bits per heavy atom. The molecule has 0 aliphatic heterocycles. The minimum atomic E-state index is -1.17. The van der Waals surface area contributed by atoms with Crippen molar-refractivity contribution in [1.29, 1.82) is 0 Å². The number of H-pyrrole nitrogens is 1. The van der Waals surface area contributed by atoms with E-state index in [0.717, 1.165) is 0 Å². The zero-order chi connectivity index (χ0) is 21.3. The number of hydrogen-bond acceptors (Lipinski definition) is 6. The highest BCUT2D eigenvalue weighted by molar-refractivity contribution is 5.90. The van der Waals surface area contributed by atoms with Gasteiger partial charge >= 0.3 is 11.9 Å². The summed E-state index contributed by atoms with van der Waals surface area (Å²) < 4.78 is 0. The third-order valence-electron chi connectivity index (χ3n) is 4.10. The second-order valence-electron chi connectivity index (χ2n) is 6.81. The molecule has 0 aliphatic carbocycles. The predicted octanol–water partition coefficient (Wildman–Crippen LogP) is -0.755. The number of aromatic nitrogens is 2. The summed E-state index contributed by atoms with van der Waals surface area (Å²) in [5.41, 5.74) is 5.98. The summed E-state index contributed by atoms with van der Waals surface area (Å²) in [5, 5.41) is 23.0. The Bertz CT molecular complexity index is 676. The minimum absolute atomic E-state index is 0.0136. The molecule has 0 saturated carbocycles. The third-order valence-corrected chi connectivity index (χ3v) is 4.10. The standard InChI is InChI=1S/C17H27N5O6/c1-9(2)14(17(27)28)22-15(24)12(6-10-7-19-8-20-10)21-13(23)5-3-4-11(18)16(25)26/h7-9,11-12,14H,3-6,18H2,1-2H3,(H,19,20)(H,21,23)(H,22,24)(H,25,26)(H,27,28)/t11-,12-,14+/m0/s1. The van der Waals surface area contributed by atoms with E-state index in [4.69, 9.17) is 10.8 Å². The normalized spacial score (nSPS) is 14.1. The van der Waals surface area contributed by atoms with Crippen molar-refractivity contribution in [2.75, 3.05) is 0 Å². The molecular formula is C17H27N5O6. The van der Waals surface area contributed by atoms with Gasteiger partial charge in [-0.05, 0) is 18.8 Å². The summed E-state index contributed by atoms with van der Waals surface area (Å²) >= 11 is 0. The number of aromatic amines is 1. The zero-order valence-electron chi connectivity index (χ0n) is 15.8. The molecule has 0 aliphatic rings. The number of carboxylic acid groups (broad SMARTS) is 2. The second-order valence-corrected chi connectivity index (χ2v) is 6.81. The molecule has 0 saturated heterocycles. The van der Waals surface area contributed by atoms with Crippen molar-refractivity contribution < 1.29 is 29.4 Å². The number of carboxylic acids is 2. The first-order valence-electron chi connectivity index (χ1n) is 8.90. The fourth-order valence-corrected chi connectivity index (χ4v) is 2.47. The molecule has 11 nitrogen and oxygen atoms in total. The van der Waals surface area contributed by atoms with Gasteiger partial charge in [0.05, 0.1) is 6.33 Å². The molecule has 3 atom stereocenters. The summed E-state index contributed by atoms with van der Waals surface area (Å²) in [6.07, 6.45) is 3.36. The maximum atomic E-state index is 12.6. The van der Waals surface area contributed by atoms with Crippen LogP contribution in [-0.2, 0) is 25.6 Å². The van der Waals surface area contributed by atoms with E-state index in [-0.39, 0.29) is 31.6 Å². The fourth-order valence-electron chi connectivity index (χ4n) is 2.47. The number of nitrogens with one attached hydrogen (secondary N) is 3. The molecular weight excluding hydrogens is 370 g/mol. The van der Waals surface area contributed by atoms with Gasteiger partial charge in [0.15, 0.2) is 0 Å². The van der Waals surface area contributed by atoms with Gasteiger partial charge in [-0.3, -0.25) is 14.4 Å². The van der Waals surface area contributed by atoms with Gasteiger partial charge in [-0.2, -0.15) is 0 Å². The summed E-state index contributed by atoms with van der Waals surface area (Å²) in [4.78, 5) is 53.4. The lowest BCUT2D eigenvalue weighted by molar-refractivity contribution is -0.143. The van der Waals surface area contributed by atoms with Gasteiger partial charge in [-0.1, -0.05) is 13.8 Å².